The predicted octanol–water partition coefficient (Wildman–Crippen LogP) is 7.70. The van der Waals surface area contributed by atoms with E-state index in [1.54, 1.807) is 0 Å². The van der Waals surface area contributed by atoms with Crippen LogP contribution in [0.15, 0.2) is 66.0 Å². The molecule has 148 valence electrons. The molecular formula is C28H20N2S. The van der Waals surface area contributed by atoms with E-state index in [4.69, 9.17) is 0 Å². The van der Waals surface area contributed by atoms with Gasteiger partial charge in [0, 0.05) is 45.1 Å². The molecule has 0 unspecified atom stereocenters. The third kappa shape index (κ3) is 1.61. The highest BCUT2D eigenvalue weighted by Gasteiger charge is 2.40. The van der Waals surface area contributed by atoms with Crippen LogP contribution in [0, 0.1) is 0 Å². The van der Waals surface area contributed by atoms with Gasteiger partial charge in [-0.1, -0.05) is 56.3 Å². The maximum absolute atomic E-state index is 2.59. The molecule has 8 rings (SSSR count). The highest BCUT2D eigenvalue weighted by molar-refractivity contribution is 7.18. The normalized spacial score (nSPS) is 15.2. The average Bonchev–Trinajstić information content (AvgIpc) is 3.48. The quantitative estimate of drug-likeness (QED) is 0.240. The Morgan fingerprint density at radius 2 is 1.61 bits per heavy atom. The van der Waals surface area contributed by atoms with Gasteiger partial charge in [0.2, 0.25) is 0 Å². The summed E-state index contributed by atoms with van der Waals surface area (Å²) in [5.41, 5.74) is 11.0. The molecule has 31 heavy (non-hydrogen) atoms. The first-order chi connectivity index (χ1) is 15.1. The third-order valence-corrected chi connectivity index (χ3v) is 8.67. The lowest BCUT2D eigenvalue weighted by molar-refractivity contribution is 0.666. The van der Waals surface area contributed by atoms with Crippen LogP contribution in [0.2, 0.25) is 0 Å². The molecule has 1 aliphatic rings. The molecule has 0 aliphatic heterocycles. The van der Waals surface area contributed by atoms with Gasteiger partial charge < -0.3 is 8.97 Å². The van der Waals surface area contributed by atoms with E-state index in [0.29, 0.717) is 0 Å². The smallest absolute Gasteiger partial charge is 0.0649 e. The lowest BCUT2D eigenvalue weighted by Crippen LogP contribution is -2.14. The molecule has 0 fully saturated rings. The van der Waals surface area contributed by atoms with E-state index in [1.807, 2.05) is 11.3 Å². The molecule has 2 nitrogen and oxygen atoms in total. The summed E-state index contributed by atoms with van der Waals surface area (Å²) >= 11 is 1.86. The number of aromatic nitrogens is 2. The molecule has 3 heteroatoms. The zero-order chi connectivity index (χ0) is 20.6. The van der Waals surface area contributed by atoms with E-state index >= 15 is 0 Å². The Labute approximate surface area is 183 Å². The summed E-state index contributed by atoms with van der Waals surface area (Å²) in [6.45, 7) is 4.78. The van der Waals surface area contributed by atoms with Crippen molar-refractivity contribution in [3.05, 3.63) is 77.2 Å². The molecule has 0 bridgehead atoms. The zero-order valence-electron chi connectivity index (χ0n) is 17.7. The second kappa shape index (κ2) is 4.95. The van der Waals surface area contributed by atoms with E-state index in [-0.39, 0.29) is 5.41 Å². The summed E-state index contributed by atoms with van der Waals surface area (Å²) in [7, 11) is 2.21. The molecular weight excluding hydrogens is 396 g/mol. The summed E-state index contributed by atoms with van der Waals surface area (Å²) in [6, 6.07) is 22.8. The highest BCUT2D eigenvalue weighted by Crippen LogP contribution is 2.55. The van der Waals surface area contributed by atoms with Gasteiger partial charge in [-0.3, -0.25) is 0 Å². The van der Waals surface area contributed by atoms with E-state index in [9.17, 15) is 0 Å². The van der Waals surface area contributed by atoms with Crippen molar-refractivity contribution >= 4 is 59.6 Å². The summed E-state index contributed by atoms with van der Waals surface area (Å²) in [6.07, 6.45) is 0. The fraction of sp³-hybridized carbons (Fsp3) is 0.143. The van der Waals surface area contributed by atoms with Crippen LogP contribution in [-0.2, 0) is 12.5 Å². The van der Waals surface area contributed by atoms with Crippen molar-refractivity contribution in [3.63, 3.8) is 0 Å². The van der Waals surface area contributed by atoms with Crippen molar-refractivity contribution in [3.8, 4) is 11.3 Å². The molecule has 4 aromatic heterocycles. The minimum atomic E-state index is -0.0219. The van der Waals surface area contributed by atoms with Crippen molar-refractivity contribution in [2.75, 3.05) is 0 Å². The first kappa shape index (κ1) is 16.4. The summed E-state index contributed by atoms with van der Waals surface area (Å²) in [4.78, 5) is 0. The number of thiophene rings is 1. The molecule has 1 aliphatic carbocycles. The van der Waals surface area contributed by atoms with Crippen molar-refractivity contribution in [1.29, 1.82) is 0 Å². The van der Waals surface area contributed by atoms with Crippen LogP contribution in [0.3, 0.4) is 0 Å². The van der Waals surface area contributed by atoms with Gasteiger partial charge in [0.05, 0.1) is 26.9 Å². The largest absolute Gasteiger partial charge is 0.344 e. The van der Waals surface area contributed by atoms with Crippen LogP contribution in [0.5, 0.6) is 0 Å². The summed E-state index contributed by atoms with van der Waals surface area (Å²) in [5, 5.41) is 7.81. The zero-order valence-corrected chi connectivity index (χ0v) is 18.5. The topological polar surface area (TPSA) is 9.34 Å². The Morgan fingerprint density at radius 1 is 0.774 bits per heavy atom. The second-order valence-corrected chi connectivity index (χ2v) is 10.4. The van der Waals surface area contributed by atoms with Crippen molar-refractivity contribution in [2.24, 2.45) is 7.05 Å². The van der Waals surface area contributed by atoms with Gasteiger partial charge in [0.25, 0.3) is 0 Å². The van der Waals surface area contributed by atoms with E-state index in [2.05, 4.69) is 95.9 Å². The molecule has 0 saturated carbocycles. The van der Waals surface area contributed by atoms with Gasteiger partial charge in [-0.15, -0.1) is 11.3 Å². The number of nitrogens with zero attached hydrogens (tertiary/aromatic N) is 2. The van der Waals surface area contributed by atoms with Crippen molar-refractivity contribution in [1.82, 2.24) is 8.97 Å². The maximum atomic E-state index is 2.59. The molecule has 7 aromatic rings. The van der Waals surface area contributed by atoms with Gasteiger partial charge in [-0.25, -0.2) is 0 Å². The van der Waals surface area contributed by atoms with Gasteiger partial charge in [-0.05, 0) is 34.7 Å². The minimum absolute atomic E-state index is 0.0219. The fourth-order valence-electron chi connectivity index (χ4n) is 6.47. The van der Waals surface area contributed by atoms with Gasteiger partial charge >= 0.3 is 0 Å². The number of benzene rings is 3. The monoisotopic (exact) mass is 416 g/mol. The first-order valence-electron chi connectivity index (χ1n) is 10.9. The Kier molecular flexibility index (Phi) is 2.62. The lowest BCUT2D eigenvalue weighted by atomic mass is 9.81. The second-order valence-electron chi connectivity index (χ2n) is 9.48. The van der Waals surface area contributed by atoms with E-state index in [0.717, 1.165) is 0 Å². The van der Waals surface area contributed by atoms with Crippen LogP contribution in [0.25, 0.3) is 59.6 Å². The number of hydrogen-bond acceptors (Lipinski definition) is 1. The molecule has 4 heterocycles. The number of fused-ring (bicyclic) bond motifs is 8. The molecule has 0 saturated heterocycles. The molecule has 3 aromatic carbocycles. The Morgan fingerprint density at radius 3 is 2.52 bits per heavy atom. The number of hydrogen-bond donors (Lipinski definition) is 0. The Bertz CT molecular complexity index is 1870. The molecule has 0 radical (unpaired) electrons. The van der Waals surface area contributed by atoms with Gasteiger partial charge in [0.15, 0.2) is 0 Å². The SMILES string of the molecule is Cn1c2cccc3c4sccc4n4c5c(c6ccc1c(c32)c64)C(C)(C)c1ccccc1-5. The Balaban J connectivity index is 1.84. The van der Waals surface area contributed by atoms with Crippen molar-refractivity contribution in [2.45, 2.75) is 19.3 Å². The molecule has 0 atom stereocenters. The molecule has 0 amide bonds. The number of rotatable bonds is 0. The van der Waals surface area contributed by atoms with Gasteiger partial charge in [-0.2, -0.15) is 0 Å². The highest BCUT2D eigenvalue weighted by atomic mass is 32.1. The van der Waals surface area contributed by atoms with Crippen LogP contribution in [0.1, 0.15) is 25.0 Å². The number of aryl methyl sites for hydroxylation is 1. The van der Waals surface area contributed by atoms with Crippen LogP contribution in [-0.4, -0.2) is 8.97 Å². The summed E-state index contributed by atoms with van der Waals surface area (Å²) in [5.74, 6) is 0. The first-order valence-corrected chi connectivity index (χ1v) is 11.7. The van der Waals surface area contributed by atoms with Crippen LogP contribution in [0.4, 0.5) is 0 Å². The van der Waals surface area contributed by atoms with Gasteiger partial charge in [0.1, 0.15) is 0 Å². The van der Waals surface area contributed by atoms with E-state index < -0.39 is 0 Å². The summed E-state index contributed by atoms with van der Waals surface area (Å²) < 4.78 is 6.33. The standard InChI is InChI=1S/C28H20N2S/c1-28(2)18-9-5-4-7-15(18)26-24(28)17-11-12-20-23-22-16(8-6-10-19(22)29(20)3)27-21(13-14-31-27)30(26)25(17)23/h4-14H,1-3H3. The molecule has 0 N–H and O–H groups in total. The average molecular weight is 417 g/mol. The van der Waals surface area contributed by atoms with Crippen LogP contribution < -0.4 is 0 Å². The van der Waals surface area contributed by atoms with E-state index in [1.165, 1.54) is 70.7 Å². The lowest BCUT2D eigenvalue weighted by Gasteiger charge is -2.21. The van der Waals surface area contributed by atoms with Crippen molar-refractivity contribution < 1.29 is 0 Å². The minimum Gasteiger partial charge on any atom is -0.344 e. The predicted molar refractivity (Wildman–Crippen MR) is 133 cm³/mol. The fourth-order valence-corrected chi connectivity index (χ4v) is 7.38. The molecule has 0 spiro atoms. The third-order valence-electron chi connectivity index (χ3n) is 7.73. The maximum Gasteiger partial charge on any atom is 0.0649 e. The Hall–Kier alpha value is -3.30. The van der Waals surface area contributed by atoms with Crippen LogP contribution >= 0.6 is 11.3 Å².